The van der Waals surface area contributed by atoms with Crippen molar-refractivity contribution in [1.82, 2.24) is 9.62 Å². The molecule has 2 atom stereocenters. The summed E-state index contributed by atoms with van der Waals surface area (Å²) in [6, 6.07) is 14.0. The van der Waals surface area contributed by atoms with Crippen molar-refractivity contribution < 1.29 is 0 Å². The van der Waals surface area contributed by atoms with E-state index in [1.54, 1.807) is 0 Å². The Morgan fingerprint density at radius 1 is 1.09 bits per heavy atom. The number of fused-ring (bicyclic) bond motifs is 1. The fraction of sp³-hybridized carbons (Fsp3) is 0.500. The van der Waals surface area contributed by atoms with E-state index in [9.17, 15) is 5.26 Å². The Hall–Kier alpha value is -1.57. The van der Waals surface area contributed by atoms with Crippen LogP contribution in [-0.4, -0.2) is 42.8 Å². The van der Waals surface area contributed by atoms with E-state index in [0.29, 0.717) is 12.1 Å². The van der Waals surface area contributed by atoms with Crippen molar-refractivity contribution in [1.29, 1.82) is 5.26 Å². The summed E-state index contributed by atoms with van der Waals surface area (Å²) in [5, 5.41) is 9.51. The predicted molar refractivity (Wildman–Crippen MR) is 92.0 cm³/mol. The first-order valence-corrected chi connectivity index (χ1v) is 8.25. The second-order valence-corrected chi connectivity index (χ2v) is 6.64. The van der Waals surface area contributed by atoms with Crippen molar-refractivity contribution in [3.05, 3.63) is 41.5 Å². The zero-order chi connectivity index (χ0) is 15.7. The third kappa shape index (κ3) is 2.49. The molecule has 1 aliphatic heterocycles. The first-order valence-electron chi connectivity index (χ1n) is 8.25. The minimum absolute atomic E-state index is 0.204. The summed E-state index contributed by atoms with van der Waals surface area (Å²) in [7, 11) is 4.45. The minimum atomic E-state index is 0.204. The maximum absolute atomic E-state index is 9.51. The van der Waals surface area contributed by atoms with Crippen LogP contribution in [0.4, 0.5) is 0 Å². The highest BCUT2D eigenvalue weighted by Gasteiger charge is 2.48. The summed E-state index contributed by atoms with van der Waals surface area (Å²) in [5.41, 5.74) is 3.17. The third-order valence-corrected chi connectivity index (χ3v) is 5.43. The van der Waals surface area contributed by atoms with E-state index in [-0.39, 0.29) is 6.98 Å². The number of nitriles is 1. The third-order valence-electron chi connectivity index (χ3n) is 5.43. The van der Waals surface area contributed by atoms with E-state index in [2.05, 4.69) is 54.1 Å². The molecule has 0 radical (unpaired) electrons. The smallest absolute Gasteiger partial charge is 0.323 e. The lowest BCUT2D eigenvalue weighted by atomic mass is 9.61. The lowest BCUT2D eigenvalue weighted by Gasteiger charge is -2.31. The van der Waals surface area contributed by atoms with Gasteiger partial charge in [-0.3, -0.25) is 0 Å². The van der Waals surface area contributed by atoms with Crippen LogP contribution < -0.4 is 0 Å². The van der Waals surface area contributed by atoms with Crippen molar-refractivity contribution >= 4 is 12.5 Å². The molecule has 1 saturated heterocycles. The number of hydrogen-bond acceptors (Lipinski definition) is 3. The summed E-state index contributed by atoms with van der Waals surface area (Å²) < 4.78 is 0. The van der Waals surface area contributed by atoms with Gasteiger partial charge in [0.25, 0.3) is 0 Å². The largest absolute Gasteiger partial charge is 0.347 e. The molecular formula is C18H24BN3. The first-order chi connectivity index (χ1) is 10.6. The summed E-state index contributed by atoms with van der Waals surface area (Å²) in [4.78, 5) is 4.99. The number of rotatable bonds is 2. The predicted octanol–water partition coefficient (Wildman–Crippen LogP) is 3.20. The SMILES string of the molecule is C/C(C#N)=C(/B1N(C)C2CCCCC2N1C)c1ccccc1. The van der Waals surface area contributed by atoms with Crippen LogP contribution in [-0.2, 0) is 0 Å². The normalized spacial score (nSPS) is 27.3. The summed E-state index contributed by atoms with van der Waals surface area (Å²) in [6.45, 7) is 2.15. The Kier molecular flexibility index (Phi) is 4.38. The highest BCUT2D eigenvalue weighted by atomic mass is 15.3. The van der Waals surface area contributed by atoms with Crippen molar-refractivity contribution in [2.75, 3.05) is 14.1 Å². The molecule has 0 bridgehead atoms. The van der Waals surface area contributed by atoms with Gasteiger partial charge in [-0.25, -0.2) is 0 Å². The lowest BCUT2D eigenvalue weighted by molar-refractivity contribution is 0.233. The summed E-state index contributed by atoms with van der Waals surface area (Å²) >= 11 is 0. The Balaban J connectivity index is 2.04. The number of nitrogens with zero attached hydrogens (tertiary/aromatic N) is 3. The lowest BCUT2D eigenvalue weighted by Crippen LogP contribution is -2.43. The molecule has 0 aromatic heterocycles. The molecule has 2 unspecified atom stereocenters. The molecule has 0 N–H and O–H groups in total. The van der Waals surface area contributed by atoms with Gasteiger partial charge in [-0.2, -0.15) is 5.26 Å². The van der Waals surface area contributed by atoms with Crippen LogP contribution in [0.5, 0.6) is 0 Å². The fourth-order valence-electron chi connectivity index (χ4n) is 4.34. The first kappa shape index (κ1) is 15.3. The molecule has 1 aromatic carbocycles. The van der Waals surface area contributed by atoms with E-state index in [1.165, 1.54) is 36.7 Å². The summed E-state index contributed by atoms with van der Waals surface area (Å²) in [5.74, 6) is 0. The molecule has 0 amide bonds. The minimum Gasteiger partial charge on any atom is -0.323 e. The van der Waals surface area contributed by atoms with Crippen LogP contribution in [0.3, 0.4) is 0 Å². The molecule has 114 valence electrons. The second kappa shape index (κ2) is 6.28. The van der Waals surface area contributed by atoms with Gasteiger partial charge in [0.15, 0.2) is 0 Å². The molecule has 1 heterocycles. The average Bonchev–Trinajstić information content (AvgIpc) is 2.81. The number of benzene rings is 1. The van der Waals surface area contributed by atoms with Gasteiger partial charge in [0.05, 0.1) is 6.07 Å². The molecule has 1 aromatic rings. The van der Waals surface area contributed by atoms with Crippen molar-refractivity contribution in [2.45, 2.75) is 44.7 Å². The van der Waals surface area contributed by atoms with E-state index < -0.39 is 0 Å². The molecular weight excluding hydrogens is 269 g/mol. The van der Waals surface area contributed by atoms with Gasteiger partial charge in [-0.05, 0) is 44.9 Å². The molecule has 1 saturated carbocycles. The van der Waals surface area contributed by atoms with Crippen LogP contribution in [0.1, 0.15) is 38.2 Å². The van der Waals surface area contributed by atoms with Gasteiger partial charge in [-0.1, -0.05) is 43.2 Å². The molecule has 22 heavy (non-hydrogen) atoms. The van der Waals surface area contributed by atoms with Gasteiger partial charge in [0.1, 0.15) is 0 Å². The highest BCUT2D eigenvalue weighted by molar-refractivity contribution is 6.75. The Bertz CT molecular complexity index is 587. The molecule has 3 nitrogen and oxygen atoms in total. The summed E-state index contributed by atoms with van der Waals surface area (Å²) in [6.07, 6.45) is 5.20. The van der Waals surface area contributed by atoms with Gasteiger partial charge >= 0.3 is 6.98 Å². The molecule has 2 fully saturated rings. The number of likely N-dealkylation sites (N-methyl/N-ethyl adjacent to an activating group) is 2. The maximum atomic E-state index is 9.51. The van der Waals surface area contributed by atoms with Gasteiger partial charge in [-0.15, -0.1) is 0 Å². The van der Waals surface area contributed by atoms with E-state index in [4.69, 9.17) is 0 Å². The van der Waals surface area contributed by atoms with E-state index in [0.717, 1.165) is 5.57 Å². The molecule has 3 rings (SSSR count). The quantitative estimate of drug-likeness (QED) is 0.619. The van der Waals surface area contributed by atoms with Gasteiger partial charge in [0, 0.05) is 17.7 Å². The molecule has 2 aliphatic rings. The van der Waals surface area contributed by atoms with E-state index >= 15 is 0 Å². The van der Waals surface area contributed by atoms with Crippen LogP contribution in [0.25, 0.3) is 5.47 Å². The molecule has 4 heteroatoms. The Morgan fingerprint density at radius 3 is 2.14 bits per heavy atom. The van der Waals surface area contributed by atoms with Gasteiger partial charge in [0.2, 0.25) is 0 Å². The zero-order valence-electron chi connectivity index (χ0n) is 13.8. The van der Waals surface area contributed by atoms with Crippen molar-refractivity contribution in [2.24, 2.45) is 0 Å². The number of hydrogen-bond donors (Lipinski definition) is 0. The average molecular weight is 293 g/mol. The van der Waals surface area contributed by atoms with Crippen molar-refractivity contribution in [3.8, 4) is 6.07 Å². The van der Waals surface area contributed by atoms with Crippen molar-refractivity contribution in [3.63, 3.8) is 0 Å². The fourth-order valence-corrected chi connectivity index (χ4v) is 4.34. The van der Waals surface area contributed by atoms with E-state index in [1.807, 2.05) is 13.0 Å². The van der Waals surface area contributed by atoms with Crippen LogP contribution in [0.15, 0.2) is 35.9 Å². The molecule has 1 aliphatic carbocycles. The zero-order valence-corrected chi connectivity index (χ0v) is 13.8. The standard InChI is InChI=1S/C18H24BN3/c1-14(13-20)18(15-9-5-4-6-10-15)19-21(2)16-11-7-8-12-17(16)22(19)3/h4-6,9-10,16-17H,7-8,11-12H2,1-3H3/b18-14-. The van der Waals surface area contributed by atoms with Crippen LogP contribution in [0.2, 0.25) is 0 Å². The van der Waals surface area contributed by atoms with Crippen LogP contribution in [0, 0.1) is 11.3 Å². The Morgan fingerprint density at radius 2 is 1.64 bits per heavy atom. The second-order valence-electron chi connectivity index (χ2n) is 6.64. The maximum Gasteiger partial charge on any atom is 0.347 e. The number of allylic oxidation sites excluding steroid dienone is 1. The monoisotopic (exact) mass is 293 g/mol. The van der Waals surface area contributed by atoms with Crippen LogP contribution >= 0.6 is 0 Å². The van der Waals surface area contributed by atoms with Gasteiger partial charge < -0.3 is 9.62 Å². The Labute approximate surface area is 134 Å². The topological polar surface area (TPSA) is 30.3 Å². The highest BCUT2D eigenvalue weighted by Crippen LogP contribution is 2.38. The molecule has 0 spiro atoms.